The van der Waals surface area contributed by atoms with Crippen LogP contribution in [0.3, 0.4) is 0 Å². The van der Waals surface area contributed by atoms with Crippen LogP contribution in [0.1, 0.15) is 24.4 Å². The van der Waals surface area contributed by atoms with Crippen molar-refractivity contribution >= 4 is 11.6 Å². The molecule has 1 heterocycles. The third kappa shape index (κ3) is 2.54. The van der Waals surface area contributed by atoms with Gasteiger partial charge in [0.25, 0.3) is 0 Å². The minimum absolute atomic E-state index is 0.0640. The molecule has 1 saturated heterocycles. The number of nitrogens with one attached hydrogen (secondary N) is 1. The van der Waals surface area contributed by atoms with E-state index >= 15 is 0 Å². The van der Waals surface area contributed by atoms with Gasteiger partial charge in [-0.05, 0) is 49.5 Å². The standard InChI is InChI=1S/C12H16ClFN2/c13-10-6-8(3-4-11(10)14)12(15)9-2-1-5-16-7-9/h3-4,6,9,12,16H,1-2,5,7,15H2. The van der Waals surface area contributed by atoms with Gasteiger partial charge in [0.1, 0.15) is 5.82 Å². The summed E-state index contributed by atoms with van der Waals surface area (Å²) >= 11 is 5.75. The van der Waals surface area contributed by atoms with Crippen LogP contribution < -0.4 is 11.1 Å². The Hall–Kier alpha value is -0.640. The molecule has 4 heteroatoms. The van der Waals surface area contributed by atoms with Gasteiger partial charge >= 0.3 is 0 Å². The minimum atomic E-state index is -0.389. The highest BCUT2D eigenvalue weighted by Crippen LogP contribution is 2.27. The molecule has 2 nitrogen and oxygen atoms in total. The maximum Gasteiger partial charge on any atom is 0.141 e. The first-order valence-electron chi connectivity index (χ1n) is 5.59. The lowest BCUT2D eigenvalue weighted by Crippen LogP contribution is -2.36. The third-order valence-corrected chi connectivity index (χ3v) is 3.46. The molecule has 0 amide bonds. The van der Waals surface area contributed by atoms with E-state index in [1.807, 2.05) is 0 Å². The van der Waals surface area contributed by atoms with Gasteiger partial charge in [-0.2, -0.15) is 0 Å². The predicted octanol–water partition coefficient (Wildman–Crippen LogP) is 2.48. The first-order valence-corrected chi connectivity index (χ1v) is 5.97. The van der Waals surface area contributed by atoms with Crippen molar-refractivity contribution in [3.8, 4) is 0 Å². The summed E-state index contributed by atoms with van der Waals surface area (Å²) in [4.78, 5) is 0. The van der Waals surface area contributed by atoms with Gasteiger partial charge in [-0.15, -0.1) is 0 Å². The highest BCUT2D eigenvalue weighted by atomic mass is 35.5. The molecule has 0 bridgehead atoms. The summed E-state index contributed by atoms with van der Waals surface area (Å²) in [5, 5.41) is 3.47. The second-order valence-electron chi connectivity index (χ2n) is 4.31. The smallest absolute Gasteiger partial charge is 0.141 e. The molecule has 0 spiro atoms. The van der Waals surface area contributed by atoms with E-state index in [1.54, 1.807) is 12.1 Å². The fraction of sp³-hybridized carbons (Fsp3) is 0.500. The molecule has 1 aliphatic rings. The normalized spacial score (nSPS) is 23.1. The summed E-state index contributed by atoms with van der Waals surface area (Å²) in [6.45, 7) is 1.99. The van der Waals surface area contributed by atoms with E-state index in [-0.39, 0.29) is 16.9 Å². The van der Waals surface area contributed by atoms with Gasteiger partial charge in [-0.25, -0.2) is 4.39 Å². The average molecular weight is 243 g/mol. The number of benzene rings is 1. The van der Waals surface area contributed by atoms with Crippen molar-refractivity contribution in [3.63, 3.8) is 0 Å². The zero-order valence-corrected chi connectivity index (χ0v) is 9.80. The molecule has 2 atom stereocenters. The van der Waals surface area contributed by atoms with Crippen molar-refractivity contribution < 1.29 is 4.39 Å². The molecule has 1 aromatic rings. The van der Waals surface area contributed by atoms with E-state index < -0.39 is 0 Å². The monoisotopic (exact) mass is 242 g/mol. The third-order valence-electron chi connectivity index (χ3n) is 3.17. The fourth-order valence-electron chi connectivity index (χ4n) is 2.18. The molecular formula is C12H16ClFN2. The van der Waals surface area contributed by atoms with E-state index in [9.17, 15) is 4.39 Å². The maximum atomic E-state index is 13.0. The fourth-order valence-corrected chi connectivity index (χ4v) is 2.37. The topological polar surface area (TPSA) is 38.0 Å². The Kier molecular flexibility index (Phi) is 3.79. The van der Waals surface area contributed by atoms with Crippen LogP contribution in [-0.4, -0.2) is 13.1 Å². The molecular weight excluding hydrogens is 227 g/mol. The second-order valence-corrected chi connectivity index (χ2v) is 4.71. The van der Waals surface area contributed by atoms with Gasteiger partial charge in [0.2, 0.25) is 0 Å². The zero-order chi connectivity index (χ0) is 11.5. The maximum absolute atomic E-state index is 13.0. The number of nitrogens with two attached hydrogens (primary N) is 1. The van der Waals surface area contributed by atoms with Crippen molar-refractivity contribution in [2.75, 3.05) is 13.1 Å². The molecule has 0 saturated carbocycles. The van der Waals surface area contributed by atoms with Gasteiger partial charge in [0.15, 0.2) is 0 Å². The molecule has 3 N–H and O–H groups in total. The van der Waals surface area contributed by atoms with Crippen LogP contribution in [0.25, 0.3) is 0 Å². The highest BCUT2D eigenvalue weighted by molar-refractivity contribution is 6.30. The Labute approximate surface area is 100.0 Å². The van der Waals surface area contributed by atoms with Gasteiger partial charge in [0, 0.05) is 6.04 Å². The van der Waals surface area contributed by atoms with Crippen LogP contribution in [0.5, 0.6) is 0 Å². The summed E-state index contributed by atoms with van der Waals surface area (Å²) in [6.07, 6.45) is 2.26. The lowest BCUT2D eigenvalue weighted by Gasteiger charge is -2.28. The van der Waals surface area contributed by atoms with Crippen LogP contribution in [0, 0.1) is 11.7 Å². The molecule has 1 aliphatic heterocycles. The minimum Gasteiger partial charge on any atom is -0.324 e. The van der Waals surface area contributed by atoms with Gasteiger partial charge < -0.3 is 11.1 Å². The van der Waals surface area contributed by atoms with Crippen molar-refractivity contribution in [1.29, 1.82) is 0 Å². The summed E-state index contributed by atoms with van der Waals surface area (Å²) in [6, 6.07) is 4.68. The number of rotatable bonds is 2. The van der Waals surface area contributed by atoms with E-state index in [0.29, 0.717) is 5.92 Å². The molecule has 2 rings (SSSR count). The number of hydrogen-bond donors (Lipinski definition) is 2. The summed E-state index contributed by atoms with van der Waals surface area (Å²) in [7, 11) is 0. The quantitative estimate of drug-likeness (QED) is 0.836. The Morgan fingerprint density at radius 2 is 2.31 bits per heavy atom. The van der Waals surface area contributed by atoms with Crippen LogP contribution in [0.4, 0.5) is 4.39 Å². The number of hydrogen-bond acceptors (Lipinski definition) is 2. The Balaban J connectivity index is 2.12. The summed E-state index contributed by atoms with van der Waals surface area (Å²) in [5.74, 6) is 0.0228. The lowest BCUT2D eigenvalue weighted by atomic mass is 9.88. The first-order chi connectivity index (χ1) is 7.68. The molecule has 2 unspecified atom stereocenters. The van der Waals surface area contributed by atoms with Crippen molar-refractivity contribution in [2.24, 2.45) is 11.7 Å². The average Bonchev–Trinajstić information content (AvgIpc) is 2.33. The van der Waals surface area contributed by atoms with Gasteiger partial charge in [0.05, 0.1) is 5.02 Å². The Morgan fingerprint density at radius 3 is 2.94 bits per heavy atom. The SMILES string of the molecule is NC(c1ccc(F)c(Cl)c1)C1CCCNC1. The van der Waals surface area contributed by atoms with Crippen molar-refractivity contribution in [2.45, 2.75) is 18.9 Å². The lowest BCUT2D eigenvalue weighted by molar-refractivity contribution is 0.326. The molecule has 88 valence electrons. The van der Waals surface area contributed by atoms with E-state index in [4.69, 9.17) is 17.3 Å². The molecule has 0 aliphatic carbocycles. The van der Waals surface area contributed by atoms with Gasteiger partial charge in [-0.3, -0.25) is 0 Å². The molecule has 1 aromatic carbocycles. The summed E-state index contributed by atoms with van der Waals surface area (Å²) < 4.78 is 13.0. The molecule has 0 aromatic heterocycles. The van der Waals surface area contributed by atoms with Gasteiger partial charge in [-0.1, -0.05) is 17.7 Å². The van der Waals surface area contributed by atoms with E-state index in [2.05, 4.69) is 5.32 Å². The Morgan fingerprint density at radius 1 is 1.50 bits per heavy atom. The van der Waals surface area contributed by atoms with Crippen LogP contribution in [0.15, 0.2) is 18.2 Å². The largest absolute Gasteiger partial charge is 0.324 e. The molecule has 0 radical (unpaired) electrons. The second kappa shape index (κ2) is 5.13. The first kappa shape index (κ1) is 11.8. The zero-order valence-electron chi connectivity index (χ0n) is 9.05. The Bertz CT molecular complexity index is 364. The van der Waals surface area contributed by atoms with Crippen LogP contribution in [-0.2, 0) is 0 Å². The predicted molar refractivity (Wildman–Crippen MR) is 63.9 cm³/mol. The van der Waals surface area contributed by atoms with Crippen LogP contribution >= 0.6 is 11.6 Å². The van der Waals surface area contributed by atoms with E-state index in [1.165, 1.54) is 6.07 Å². The molecule has 1 fully saturated rings. The number of halogens is 2. The van der Waals surface area contributed by atoms with Crippen LogP contribution in [0.2, 0.25) is 5.02 Å². The number of piperidine rings is 1. The highest BCUT2D eigenvalue weighted by Gasteiger charge is 2.22. The van der Waals surface area contributed by atoms with Crippen molar-refractivity contribution in [3.05, 3.63) is 34.6 Å². The summed E-state index contributed by atoms with van der Waals surface area (Å²) in [5.41, 5.74) is 7.08. The molecule has 16 heavy (non-hydrogen) atoms. The van der Waals surface area contributed by atoms with E-state index in [0.717, 1.165) is 31.5 Å². The van der Waals surface area contributed by atoms with Crippen molar-refractivity contribution in [1.82, 2.24) is 5.32 Å².